The molecule has 2 N–H and O–H groups in total. The van der Waals surface area contributed by atoms with Crippen molar-refractivity contribution in [3.63, 3.8) is 0 Å². The summed E-state index contributed by atoms with van der Waals surface area (Å²) in [5.41, 5.74) is 4.30. The molecule has 0 radical (unpaired) electrons. The van der Waals surface area contributed by atoms with Crippen LogP contribution in [0.15, 0.2) is 54.6 Å². The number of phenols is 1. The van der Waals surface area contributed by atoms with E-state index in [0.29, 0.717) is 5.56 Å². The van der Waals surface area contributed by atoms with Gasteiger partial charge in [0.25, 0.3) is 0 Å². The van der Waals surface area contributed by atoms with Crippen molar-refractivity contribution in [2.75, 3.05) is 0 Å². The predicted molar refractivity (Wildman–Crippen MR) is 101 cm³/mol. The van der Waals surface area contributed by atoms with Crippen molar-refractivity contribution in [2.45, 2.75) is 32.8 Å². The Morgan fingerprint density at radius 2 is 1.75 bits per heavy atom. The molecule has 0 aliphatic heterocycles. The second-order valence-electron chi connectivity index (χ2n) is 5.89. The SMILES string of the molecule is CCc1sc(CCc2ccc(CO)c(O)c2)cc1-c1ccccc1. The lowest BCUT2D eigenvalue weighted by Crippen LogP contribution is -1.91. The Bertz CT molecular complexity index is 806. The van der Waals surface area contributed by atoms with E-state index in [1.165, 1.54) is 20.9 Å². The van der Waals surface area contributed by atoms with Crippen LogP contribution in [-0.2, 0) is 25.9 Å². The summed E-state index contributed by atoms with van der Waals surface area (Å²) in [5.74, 6) is 0.181. The standard InChI is InChI=1S/C21H22O2S/c1-2-21-19(16-6-4-3-5-7-16)13-18(24-21)11-9-15-8-10-17(14-22)20(23)12-15/h3-8,10,12-13,22-23H,2,9,11,14H2,1H3. The molecule has 0 saturated carbocycles. The van der Waals surface area contributed by atoms with Crippen LogP contribution in [0.25, 0.3) is 11.1 Å². The Labute approximate surface area is 147 Å². The highest BCUT2D eigenvalue weighted by molar-refractivity contribution is 7.12. The van der Waals surface area contributed by atoms with Gasteiger partial charge < -0.3 is 10.2 Å². The predicted octanol–water partition coefficient (Wildman–Crippen LogP) is 4.96. The minimum Gasteiger partial charge on any atom is -0.508 e. The van der Waals surface area contributed by atoms with Gasteiger partial charge in [-0.3, -0.25) is 0 Å². The van der Waals surface area contributed by atoms with E-state index in [1.54, 1.807) is 12.1 Å². The number of benzene rings is 2. The van der Waals surface area contributed by atoms with Crippen LogP contribution in [0.2, 0.25) is 0 Å². The van der Waals surface area contributed by atoms with Crippen molar-refractivity contribution in [3.05, 3.63) is 75.5 Å². The quantitative estimate of drug-likeness (QED) is 0.667. The van der Waals surface area contributed by atoms with Crippen LogP contribution >= 0.6 is 11.3 Å². The Morgan fingerprint density at radius 1 is 0.958 bits per heavy atom. The molecule has 3 rings (SSSR count). The van der Waals surface area contributed by atoms with Gasteiger partial charge in [-0.05, 0) is 48.1 Å². The number of aliphatic hydroxyl groups is 1. The molecule has 3 aromatic rings. The fourth-order valence-electron chi connectivity index (χ4n) is 2.90. The van der Waals surface area contributed by atoms with Gasteiger partial charge in [0.1, 0.15) is 5.75 Å². The zero-order chi connectivity index (χ0) is 16.9. The molecule has 0 atom stereocenters. The molecule has 2 nitrogen and oxygen atoms in total. The Morgan fingerprint density at radius 3 is 2.42 bits per heavy atom. The molecule has 0 aliphatic rings. The molecule has 1 aromatic heterocycles. The largest absolute Gasteiger partial charge is 0.508 e. The number of hydrogen-bond donors (Lipinski definition) is 2. The van der Waals surface area contributed by atoms with Crippen LogP contribution in [0.4, 0.5) is 0 Å². The summed E-state index contributed by atoms with van der Waals surface area (Å²) in [4.78, 5) is 2.80. The molecular formula is C21H22O2S. The lowest BCUT2D eigenvalue weighted by atomic mass is 10.0. The van der Waals surface area contributed by atoms with Crippen molar-refractivity contribution in [1.29, 1.82) is 0 Å². The fraction of sp³-hybridized carbons (Fsp3) is 0.238. The lowest BCUT2D eigenvalue weighted by Gasteiger charge is -2.04. The number of hydrogen-bond acceptors (Lipinski definition) is 3. The maximum atomic E-state index is 9.87. The smallest absolute Gasteiger partial charge is 0.121 e. The van der Waals surface area contributed by atoms with Crippen LogP contribution in [0.1, 0.15) is 27.8 Å². The summed E-state index contributed by atoms with van der Waals surface area (Å²) in [5, 5.41) is 19.0. The number of aromatic hydroxyl groups is 1. The van der Waals surface area contributed by atoms with E-state index >= 15 is 0 Å². The highest BCUT2D eigenvalue weighted by Crippen LogP contribution is 2.33. The van der Waals surface area contributed by atoms with Gasteiger partial charge >= 0.3 is 0 Å². The van der Waals surface area contributed by atoms with Gasteiger partial charge in [-0.2, -0.15) is 0 Å². The van der Waals surface area contributed by atoms with E-state index in [0.717, 1.165) is 24.8 Å². The first-order valence-electron chi connectivity index (χ1n) is 8.30. The summed E-state index contributed by atoms with van der Waals surface area (Å²) in [6.45, 7) is 2.07. The number of thiophene rings is 1. The first-order valence-corrected chi connectivity index (χ1v) is 9.11. The summed E-state index contributed by atoms with van der Waals surface area (Å²) in [6.07, 6.45) is 2.89. The van der Waals surface area contributed by atoms with Crippen LogP contribution in [-0.4, -0.2) is 10.2 Å². The Kier molecular flexibility index (Phi) is 5.34. The third-order valence-corrected chi connectivity index (χ3v) is 5.59. The van der Waals surface area contributed by atoms with Gasteiger partial charge in [-0.1, -0.05) is 49.4 Å². The van der Waals surface area contributed by atoms with Gasteiger partial charge in [-0.15, -0.1) is 11.3 Å². The van der Waals surface area contributed by atoms with Gasteiger partial charge in [-0.25, -0.2) is 0 Å². The summed E-state index contributed by atoms with van der Waals surface area (Å²) < 4.78 is 0. The topological polar surface area (TPSA) is 40.5 Å². The van der Waals surface area contributed by atoms with Crippen molar-refractivity contribution < 1.29 is 10.2 Å². The first-order chi connectivity index (χ1) is 11.7. The molecule has 24 heavy (non-hydrogen) atoms. The molecular weight excluding hydrogens is 316 g/mol. The van der Waals surface area contributed by atoms with E-state index in [9.17, 15) is 5.11 Å². The maximum Gasteiger partial charge on any atom is 0.121 e. The highest BCUT2D eigenvalue weighted by atomic mass is 32.1. The molecule has 3 heteroatoms. The second kappa shape index (κ2) is 7.65. The van der Waals surface area contributed by atoms with Crippen LogP contribution in [0.5, 0.6) is 5.75 Å². The van der Waals surface area contributed by atoms with E-state index in [2.05, 4.69) is 37.3 Å². The van der Waals surface area contributed by atoms with Crippen molar-refractivity contribution in [1.82, 2.24) is 0 Å². The first kappa shape index (κ1) is 16.7. The zero-order valence-corrected chi connectivity index (χ0v) is 14.6. The van der Waals surface area contributed by atoms with E-state index < -0.39 is 0 Å². The fourth-order valence-corrected chi connectivity index (χ4v) is 4.03. The molecule has 1 heterocycles. The summed E-state index contributed by atoms with van der Waals surface area (Å²) >= 11 is 1.88. The van der Waals surface area contributed by atoms with Crippen LogP contribution in [0, 0.1) is 0 Å². The zero-order valence-electron chi connectivity index (χ0n) is 13.8. The minimum absolute atomic E-state index is 0.128. The molecule has 0 bridgehead atoms. The van der Waals surface area contributed by atoms with Gasteiger partial charge in [0.2, 0.25) is 0 Å². The Hall–Kier alpha value is -2.10. The highest BCUT2D eigenvalue weighted by Gasteiger charge is 2.10. The summed E-state index contributed by atoms with van der Waals surface area (Å²) in [7, 11) is 0. The molecule has 0 aliphatic carbocycles. The minimum atomic E-state index is -0.128. The van der Waals surface area contributed by atoms with E-state index in [4.69, 9.17) is 5.11 Å². The van der Waals surface area contributed by atoms with Crippen molar-refractivity contribution in [3.8, 4) is 16.9 Å². The second-order valence-corrected chi connectivity index (χ2v) is 7.11. The van der Waals surface area contributed by atoms with Crippen LogP contribution in [0.3, 0.4) is 0 Å². The molecule has 0 spiro atoms. The van der Waals surface area contributed by atoms with Crippen molar-refractivity contribution >= 4 is 11.3 Å². The van der Waals surface area contributed by atoms with E-state index in [-0.39, 0.29) is 12.4 Å². The maximum absolute atomic E-state index is 9.87. The normalized spacial score (nSPS) is 10.9. The average Bonchev–Trinajstić information content (AvgIpc) is 3.04. The van der Waals surface area contributed by atoms with Gasteiger partial charge in [0, 0.05) is 15.3 Å². The van der Waals surface area contributed by atoms with Gasteiger partial charge in [0.05, 0.1) is 6.61 Å². The van der Waals surface area contributed by atoms with Crippen molar-refractivity contribution in [2.24, 2.45) is 0 Å². The summed E-state index contributed by atoms with van der Waals surface area (Å²) in [6, 6.07) is 18.4. The monoisotopic (exact) mass is 338 g/mol. The van der Waals surface area contributed by atoms with Gasteiger partial charge in [0.15, 0.2) is 0 Å². The molecule has 2 aromatic carbocycles. The molecule has 0 amide bonds. The number of aliphatic hydroxyl groups excluding tert-OH is 1. The van der Waals surface area contributed by atoms with Crippen LogP contribution < -0.4 is 0 Å². The number of rotatable bonds is 6. The van der Waals surface area contributed by atoms with E-state index in [1.807, 2.05) is 23.5 Å². The lowest BCUT2D eigenvalue weighted by molar-refractivity contribution is 0.275. The molecule has 0 saturated heterocycles. The molecule has 0 unspecified atom stereocenters. The Balaban J connectivity index is 1.76. The third kappa shape index (κ3) is 3.69. The third-order valence-electron chi connectivity index (χ3n) is 4.25. The molecule has 124 valence electrons. The average molecular weight is 338 g/mol. The number of aryl methyl sites for hydroxylation is 3. The molecule has 0 fully saturated rings.